The van der Waals surface area contributed by atoms with Gasteiger partial charge in [-0.1, -0.05) is 23.7 Å². The summed E-state index contributed by atoms with van der Waals surface area (Å²) >= 11 is 6.19. The molecule has 0 saturated carbocycles. The van der Waals surface area contributed by atoms with Gasteiger partial charge >= 0.3 is 5.97 Å². The average molecular weight is 469 g/mol. The number of ether oxygens (including phenoxy) is 1. The Labute approximate surface area is 195 Å². The average Bonchev–Trinajstić information content (AvgIpc) is 3.13. The third kappa shape index (κ3) is 4.54. The van der Waals surface area contributed by atoms with Gasteiger partial charge in [0.05, 0.1) is 11.3 Å². The summed E-state index contributed by atoms with van der Waals surface area (Å²) in [7, 11) is 0. The van der Waals surface area contributed by atoms with Crippen LogP contribution < -0.4 is 10.2 Å². The number of esters is 1. The van der Waals surface area contributed by atoms with Crippen molar-refractivity contribution in [2.45, 2.75) is 40.0 Å². The Morgan fingerprint density at radius 3 is 2.52 bits per heavy atom. The van der Waals surface area contributed by atoms with Gasteiger partial charge < -0.3 is 9.15 Å². The van der Waals surface area contributed by atoms with E-state index in [4.69, 9.17) is 20.8 Å². The monoisotopic (exact) mass is 468 g/mol. The third-order valence-electron chi connectivity index (χ3n) is 5.54. The van der Waals surface area contributed by atoms with Crippen molar-refractivity contribution in [2.75, 3.05) is 0 Å². The summed E-state index contributed by atoms with van der Waals surface area (Å²) in [6.45, 7) is 5.42. The number of nitrogens with zero attached hydrogens (tertiary/aromatic N) is 1. The van der Waals surface area contributed by atoms with Gasteiger partial charge in [0.15, 0.2) is 0 Å². The van der Waals surface area contributed by atoms with Crippen molar-refractivity contribution in [1.82, 2.24) is 5.43 Å². The van der Waals surface area contributed by atoms with E-state index in [1.165, 1.54) is 18.2 Å². The topological polar surface area (TPSA) is 80.9 Å². The van der Waals surface area contributed by atoms with Crippen molar-refractivity contribution in [3.05, 3.63) is 86.6 Å². The molecule has 0 spiro atoms. The van der Waals surface area contributed by atoms with E-state index in [0.717, 1.165) is 17.5 Å². The second-order valence-corrected chi connectivity index (χ2v) is 8.33. The highest BCUT2D eigenvalue weighted by molar-refractivity contribution is 6.32. The minimum atomic E-state index is -0.651. The predicted octanol–water partition coefficient (Wildman–Crippen LogP) is 5.69. The molecule has 0 saturated heterocycles. The molecule has 1 heterocycles. The first-order valence-electron chi connectivity index (χ1n) is 10.5. The summed E-state index contributed by atoms with van der Waals surface area (Å²) in [5.41, 5.74) is 5.74. The summed E-state index contributed by atoms with van der Waals surface area (Å²) in [4.78, 5) is 25.2. The summed E-state index contributed by atoms with van der Waals surface area (Å²) in [6, 6.07) is 9.06. The van der Waals surface area contributed by atoms with Gasteiger partial charge in [-0.15, -0.1) is 0 Å². The molecule has 0 fully saturated rings. The Bertz CT molecular complexity index is 1270. The summed E-state index contributed by atoms with van der Waals surface area (Å²) in [5.74, 6) is -0.843. The van der Waals surface area contributed by atoms with Gasteiger partial charge in [0.2, 0.25) is 5.76 Å². The number of hydrazone groups is 1. The van der Waals surface area contributed by atoms with Crippen LogP contribution in [-0.2, 0) is 6.42 Å². The molecule has 1 N–H and O–H groups in total. The Hall–Kier alpha value is -3.45. The van der Waals surface area contributed by atoms with Gasteiger partial charge in [-0.05, 0) is 69.0 Å². The minimum absolute atomic E-state index is 0.0836. The van der Waals surface area contributed by atoms with E-state index in [0.29, 0.717) is 46.2 Å². The lowest BCUT2D eigenvalue weighted by atomic mass is 9.93. The number of halogens is 2. The first-order chi connectivity index (χ1) is 15.8. The van der Waals surface area contributed by atoms with E-state index in [-0.39, 0.29) is 11.3 Å². The van der Waals surface area contributed by atoms with Crippen LogP contribution in [0.25, 0.3) is 0 Å². The fourth-order valence-corrected chi connectivity index (χ4v) is 4.03. The van der Waals surface area contributed by atoms with Crippen molar-refractivity contribution in [3.63, 3.8) is 0 Å². The number of amides is 1. The molecule has 0 atom stereocenters. The van der Waals surface area contributed by atoms with Crippen LogP contribution in [0, 0.1) is 26.6 Å². The maximum Gasteiger partial charge on any atom is 0.379 e. The first kappa shape index (κ1) is 22.7. The van der Waals surface area contributed by atoms with E-state index in [1.54, 1.807) is 25.1 Å². The third-order valence-corrected chi connectivity index (χ3v) is 6.14. The number of nitrogens with one attached hydrogen (secondary N) is 1. The second-order valence-electron chi connectivity index (χ2n) is 7.95. The van der Waals surface area contributed by atoms with Crippen LogP contribution in [0.2, 0.25) is 5.02 Å². The minimum Gasteiger partial charge on any atom is -0.453 e. The highest BCUT2D eigenvalue weighted by Crippen LogP contribution is 2.31. The van der Waals surface area contributed by atoms with E-state index >= 15 is 0 Å². The van der Waals surface area contributed by atoms with E-state index in [2.05, 4.69) is 10.5 Å². The summed E-state index contributed by atoms with van der Waals surface area (Å²) < 4.78 is 25.2. The highest BCUT2D eigenvalue weighted by atomic mass is 35.5. The van der Waals surface area contributed by atoms with Crippen LogP contribution in [0.4, 0.5) is 4.39 Å². The molecule has 33 heavy (non-hydrogen) atoms. The van der Waals surface area contributed by atoms with Crippen LogP contribution in [-0.4, -0.2) is 17.6 Å². The van der Waals surface area contributed by atoms with Crippen molar-refractivity contribution < 1.29 is 23.1 Å². The fourth-order valence-electron chi connectivity index (χ4n) is 3.92. The molecule has 0 radical (unpaired) electrons. The van der Waals surface area contributed by atoms with Gasteiger partial charge in [-0.2, -0.15) is 5.10 Å². The Kier molecular flexibility index (Phi) is 6.33. The molecule has 6 nitrogen and oxygen atoms in total. The molecule has 170 valence electrons. The van der Waals surface area contributed by atoms with Gasteiger partial charge in [-0.3, -0.25) is 4.79 Å². The molecular formula is C25H22ClFN2O4. The Balaban J connectivity index is 1.58. The quantitative estimate of drug-likeness (QED) is 0.303. The number of aryl methyl sites for hydroxylation is 3. The highest BCUT2D eigenvalue weighted by Gasteiger charge is 2.29. The molecule has 0 bridgehead atoms. The SMILES string of the molecule is Cc1cc(OC(=O)c2oc3c(c2C)/C(=N/NC(=O)c2ccccc2F)CCC3)cc(C)c1Cl. The number of carbonyl (C=O) groups excluding carboxylic acids is 2. The molecule has 1 aliphatic carbocycles. The van der Waals surface area contributed by atoms with Crippen molar-refractivity contribution in [1.29, 1.82) is 0 Å². The maximum atomic E-state index is 13.9. The van der Waals surface area contributed by atoms with Crippen LogP contribution in [0.1, 0.15) is 61.8 Å². The predicted molar refractivity (Wildman–Crippen MR) is 123 cm³/mol. The fraction of sp³-hybridized carbons (Fsp3) is 0.240. The standard InChI is InChI=1S/C25H22ClFN2O4/c1-13-11-16(12-14(2)22(13)26)32-25(31)23-15(3)21-19(9-6-10-20(21)33-23)28-29-24(30)17-7-4-5-8-18(17)27/h4-5,7-8,11-12H,6,9-10H2,1-3H3,(H,29,30)/b28-19+. The summed E-state index contributed by atoms with van der Waals surface area (Å²) in [5, 5.41) is 4.84. The van der Waals surface area contributed by atoms with Crippen LogP contribution in [0.3, 0.4) is 0 Å². The molecular weight excluding hydrogens is 447 g/mol. The van der Waals surface area contributed by atoms with Crippen LogP contribution in [0.5, 0.6) is 5.75 Å². The number of carbonyl (C=O) groups is 2. The number of benzene rings is 2. The van der Waals surface area contributed by atoms with Gasteiger partial charge in [0, 0.05) is 22.6 Å². The lowest BCUT2D eigenvalue weighted by Gasteiger charge is -2.13. The van der Waals surface area contributed by atoms with Gasteiger partial charge in [-0.25, -0.2) is 14.6 Å². The lowest BCUT2D eigenvalue weighted by Crippen LogP contribution is -2.23. The largest absolute Gasteiger partial charge is 0.453 e. The normalized spacial score (nSPS) is 14.2. The molecule has 0 aliphatic heterocycles. The van der Waals surface area contributed by atoms with Crippen molar-refractivity contribution >= 4 is 29.2 Å². The van der Waals surface area contributed by atoms with Crippen LogP contribution >= 0.6 is 11.6 Å². The summed E-state index contributed by atoms with van der Waals surface area (Å²) in [6.07, 6.45) is 1.94. The first-order valence-corrected chi connectivity index (χ1v) is 10.9. The maximum absolute atomic E-state index is 13.9. The number of hydrogen-bond donors (Lipinski definition) is 1. The Morgan fingerprint density at radius 1 is 1.12 bits per heavy atom. The second kappa shape index (κ2) is 9.19. The molecule has 8 heteroatoms. The Morgan fingerprint density at radius 2 is 1.82 bits per heavy atom. The van der Waals surface area contributed by atoms with Gasteiger partial charge in [0.25, 0.3) is 5.91 Å². The molecule has 3 aromatic rings. The zero-order valence-electron chi connectivity index (χ0n) is 18.4. The molecule has 1 amide bonds. The zero-order valence-corrected chi connectivity index (χ0v) is 19.2. The van der Waals surface area contributed by atoms with Gasteiger partial charge in [0.1, 0.15) is 17.3 Å². The molecule has 1 aromatic heterocycles. The molecule has 1 aliphatic rings. The van der Waals surface area contributed by atoms with E-state index in [1.807, 2.05) is 13.8 Å². The van der Waals surface area contributed by atoms with Crippen LogP contribution in [0.15, 0.2) is 45.9 Å². The number of furan rings is 1. The lowest BCUT2D eigenvalue weighted by molar-refractivity contribution is 0.0698. The van der Waals surface area contributed by atoms with E-state index < -0.39 is 17.7 Å². The molecule has 2 aromatic carbocycles. The zero-order chi connectivity index (χ0) is 23.7. The smallest absolute Gasteiger partial charge is 0.379 e. The van der Waals surface area contributed by atoms with E-state index in [9.17, 15) is 14.0 Å². The van der Waals surface area contributed by atoms with Crippen molar-refractivity contribution in [3.8, 4) is 5.75 Å². The number of rotatable bonds is 4. The number of fused-ring (bicyclic) bond motifs is 1. The molecule has 4 rings (SSSR count). The van der Waals surface area contributed by atoms with Crippen molar-refractivity contribution in [2.24, 2.45) is 5.10 Å². The molecule has 0 unspecified atom stereocenters. The number of hydrogen-bond acceptors (Lipinski definition) is 5.